The summed E-state index contributed by atoms with van der Waals surface area (Å²) in [6, 6.07) is 0. The molecule has 0 aliphatic rings. The van der Waals surface area contributed by atoms with Gasteiger partial charge in [-0.25, -0.2) is 0 Å². The zero-order chi connectivity index (χ0) is 8.85. The van der Waals surface area contributed by atoms with E-state index in [0.717, 1.165) is 0 Å². The van der Waals surface area contributed by atoms with Gasteiger partial charge in [-0.15, -0.1) is 0 Å². The lowest BCUT2D eigenvalue weighted by molar-refractivity contribution is -0.127. The Bertz CT molecular complexity index is 157. The van der Waals surface area contributed by atoms with Crippen molar-refractivity contribution in [3.63, 3.8) is 0 Å². The molecular formula is C7H13NO2S. The zero-order valence-electron chi connectivity index (χ0n) is 7.09. The van der Waals surface area contributed by atoms with Crippen molar-refractivity contribution >= 4 is 23.2 Å². The molecule has 1 amide bonds. The molecule has 0 unspecified atom stereocenters. The molecule has 0 aromatic rings. The molecular weight excluding hydrogens is 162 g/mol. The second-order valence-electron chi connectivity index (χ2n) is 2.27. The summed E-state index contributed by atoms with van der Waals surface area (Å²) >= 11 is 4.78. The fourth-order valence-corrected chi connectivity index (χ4v) is 0.735. The first-order valence-corrected chi connectivity index (χ1v) is 3.84. The van der Waals surface area contributed by atoms with Crippen molar-refractivity contribution in [3.8, 4) is 0 Å². The van der Waals surface area contributed by atoms with Gasteiger partial charge in [-0.05, 0) is 19.1 Å². The van der Waals surface area contributed by atoms with E-state index in [-0.39, 0.29) is 12.3 Å². The van der Waals surface area contributed by atoms with E-state index in [2.05, 4.69) is 0 Å². The van der Waals surface area contributed by atoms with Crippen LogP contribution >= 0.6 is 12.2 Å². The van der Waals surface area contributed by atoms with Crippen LogP contribution in [0.2, 0.25) is 0 Å². The SMILES string of the molecule is CCOC(=S)CC(=O)N(C)C. The fraction of sp³-hybridized carbons (Fsp3) is 0.714. The first-order chi connectivity index (χ1) is 5.07. The van der Waals surface area contributed by atoms with Gasteiger partial charge in [0.15, 0.2) is 5.05 Å². The normalized spacial score (nSPS) is 9.00. The smallest absolute Gasteiger partial charge is 0.230 e. The molecule has 0 saturated heterocycles. The second kappa shape index (κ2) is 5.07. The van der Waals surface area contributed by atoms with E-state index in [0.29, 0.717) is 11.7 Å². The molecule has 11 heavy (non-hydrogen) atoms. The Labute approximate surface area is 72.3 Å². The van der Waals surface area contributed by atoms with E-state index in [1.54, 1.807) is 14.1 Å². The molecule has 0 heterocycles. The maximum absolute atomic E-state index is 11.0. The highest BCUT2D eigenvalue weighted by Crippen LogP contribution is 1.93. The molecule has 0 aromatic carbocycles. The van der Waals surface area contributed by atoms with Gasteiger partial charge in [0.05, 0.1) is 13.0 Å². The lowest BCUT2D eigenvalue weighted by atomic mass is 10.4. The van der Waals surface area contributed by atoms with Crippen LogP contribution in [-0.4, -0.2) is 36.6 Å². The number of amides is 1. The minimum atomic E-state index is -0.0246. The van der Waals surface area contributed by atoms with Crippen molar-refractivity contribution in [2.24, 2.45) is 0 Å². The lowest BCUT2D eigenvalue weighted by Gasteiger charge is -2.10. The molecule has 0 bridgehead atoms. The van der Waals surface area contributed by atoms with Crippen molar-refractivity contribution in [1.82, 2.24) is 4.90 Å². The molecule has 0 spiro atoms. The van der Waals surface area contributed by atoms with Crippen LogP contribution in [-0.2, 0) is 9.53 Å². The minimum Gasteiger partial charge on any atom is -0.487 e. The highest BCUT2D eigenvalue weighted by molar-refractivity contribution is 7.80. The van der Waals surface area contributed by atoms with Crippen molar-refractivity contribution in [2.45, 2.75) is 13.3 Å². The van der Waals surface area contributed by atoms with Gasteiger partial charge in [-0.3, -0.25) is 4.79 Å². The summed E-state index contributed by atoms with van der Waals surface area (Å²) in [5.41, 5.74) is 0. The fourth-order valence-electron chi connectivity index (χ4n) is 0.494. The monoisotopic (exact) mass is 175 g/mol. The van der Waals surface area contributed by atoms with Crippen molar-refractivity contribution in [3.05, 3.63) is 0 Å². The Morgan fingerprint density at radius 1 is 1.55 bits per heavy atom. The summed E-state index contributed by atoms with van der Waals surface area (Å²) in [6.45, 7) is 2.37. The Hall–Kier alpha value is -0.640. The maximum atomic E-state index is 11.0. The average Bonchev–Trinajstić information content (AvgIpc) is 1.87. The summed E-state index contributed by atoms with van der Waals surface area (Å²) < 4.78 is 4.95. The zero-order valence-corrected chi connectivity index (χ0v) is 7.90. The van der Waals surface area contributed by atoms with E-state index in [4.69, 9.17) is 17.0 Å². The molecule has 0 fully saturated rings. The summed E-state index contributed by atoms with van der Waals surface area (Å²) in [7, 11) is 3.38. The van der Waals surface area contributed by atoms with Gasteiger partial charge in [0.2, 0.25) is 5.91 Å². The molecule has 0 N–H and O–H groups in total. The van der Waals surface area contributed by atoms with Gasteiger partial charge < -0.3 is 9.64 Å². The number of nitrogens with zero attached hydrogens (tertiary/aromatic N) is 1. The molecule has 64 valence electrons. The van der Waals surface area contributed by atoms with Crippen LogP contribution in [0.1, 0.15) is 13.3 Å². The number of hydrogen-bond donors (Lipinski definition) is 0. The maximum Gasteiger partial charge on any atom is 0.230 e. The van der Waals surface area contributed by atoms with Crippen LogP contribution in [0.25, 0.3) is 0 Å². The Balaban J connectivity index is 3.67. The summed E-state index contributed by atoms with van der Waals surface area (Å²) in [6.07, 6.45) is 0.205. The summed E-state index contributed by atoms with van der Waals surface area (Å²) in [4.78, 5) is 12.5. The van der Waals surface area contributed by atoms with Gasteiger partial charge in [0.25, 0.3) is 0 Å². The third-order valence-electron chi connectivity index (χ3n) is 1.10. The van der Waals surface area contributed by atoms with Crippen LogP contribution in [0.3, 0.4) is 0 Å². The Kier molecular flexibility index (Phi) is 4.77. The van der Waals surface area contributed by atoms with Crippen LogP contribution < -0.4 is 0 Å². The highest BCUT2D eigenvalue weighted by atomic mass is 32.1. The molecule has 0 aliphatic carbocycles. The number of ether oxygens (including phenoxy) is 1. The predicted molar refractivity (Wildman–Crippen MR) is 47.5 cm³/mol. The van der Waals surface area contributed by atoms with Crippen molar-refractivity contribution < 1.29 is 9.53 Å². The van der Waals surface area contributed by atoms with Gasteiger partial charge in [-0.1, -0.05) is 0 Å². The largest absolute Gasteiger partial charge is 0.487 e. The third-order valence-corrected chi connectivity index (χ3v) is 1.36. The van der Waals surface area contributed by atoms with Crippen molar-refractivity contribution in [1.29, 1.82) is 0 Å². The average molecular weight is 175 g/mol. The van der Waals surface area contributed by atoms with E-state index >= 15 is 0 Å². The molecule has 0 atom stereocenters. The topological polar surface area (TPSA) is 29.5 Å². The second-order valence-corrected chi connectivity index (χ2v) is 2.73. The molecule has 3 nitrogen and oxygen atoms in total. The predicted octanol–water partition coefficient (Wildman–Crippen LogP) is 0.829. The first kappa shape index (κ1) is 10.4. The standard InChI is InChI=1S/C7H13NO2S/c1-4-10-7(11)5-6(9)8(2)3/h4-5H2,1-3H3. The first-order valence-electron chi connectivity index (χ1n) is 3.43. The number of carbonyl (C=O) groups excluding carboxylic acids is 1. The highest BCUT2D eigenvalue weighted by Gasteiger charge is 2.07. The van der Waals surface area contributed by atoms with Crippen molar-refractivity contribution in [2.75, 3.05) is 20.7 Å². The van der Waals surface area contributed by atoms with E-state index in [1.807, 2.05) is 6.92 Å². The van der Waals surface area contributed by atoms with Gasteiger partial charge in [0, 0.05) is 14.1 Å². The molecule has 0 rings (SSSR count). The Morgan fingerprint density at radius 2 is 2.09 bits per heavy atom. The molecule has 0 radical (unpaired) electrons. The lowest BCUT2D eigenvalue weighted by Crippen LogP contribution is -2.24. The van der Waals surface area contributed by atoms with Gasteiger partial charge >= 0.3 is 0 Å². The number of rotatable bonds is 3. The molecule has 4 heteroatoms. The third kappa shape index (κ3) is 4.72. The van der Waals surface area contributed by atoms with Crippen LogP contribution in [0.5, 0.6) is 0 Å². The van der Waals surface area contributed by atoms with Crippen LogP contribution in [0.4, 0.5) is 0 Å². The summed E-state index contributed by atoms with van der Waals surface area (Å²) in [5.74, 6) is -0.0246. The number of thiocarbonyl (C=S) groups is 1. The minimum absolute atomic E-state index is 0.0246. The van der Waals surface area contributed by atoms with E-state index in [1.165, 1.54) is 4.90 Å². The van der Waals surface area contributed by atoms with E-state index in [9.17, 15) is 4.79 Å². The molecule has 0 saturated carbocycles. The quantitative estimate of drug-likeness (QED) is 0.595. The Morgan fingerprint density at radius 3 is 2.45 bits per heavy atom. The van der Waals surface area contributed by atoms with Gasteiger partial charge in [0.1, 0.15) is 0 Å². The summed E-state index contributed by atoms with van der Waals surface area (Å²) in [5, 5.41) is 0.367. The number of hydrogen-bond acceptors (Lipinski definition) is 3. The van der Waals surface area contributed by atoms with Gasteiger partial charge in [-0.2, -0.15) is 0 Å². The van der Waals surface area contributed by atoms with E-state index < -0.39 is 0 Å². The molecule has 0 aliphatic heterocycles. The number of carbonyl (C=O) groups is 1. The molecule has 0 aromatic heterocycles. The van der Waals surface area contributed by atoms with Crippen LogP contribution in [0, 0.1) is 0 Å². The van der Waals surface area contributed by atoms with Crippen LogP contribution in [0.15, 0.2) is 0 Å².